The third kappa shape index (κ3) is 4.08. The van der Waals surface area contributed by atoms with Gasteiger partial charge < -0.3 is 9.64 Å². The minimum Gasteiger partial charge on any atom is -0.368 e. The standard InChI is InChI=1S/C34H45NO2/c1-23-21-28-26-15-16-30-34(3,20-18-31(36)35(30)4)27(26)17-19-33(28,2)29(23)22-37-32(24-11-7-5-8-12-24)25-13-9-6-10-14-25/h5-14,23,26-30,32H,15-22H2,1-4H3/t23?,26-,27-,28+,29?,30?,33+,34-/m1/s1. The molecule has 0 aromatic heterocycles. The first-order valence-electron chi connectivity index (χ1n) is 14.8. The number of carbonyl (C=O) groups is 1. The highest BCUT2D eigenvalue weighted by Crippen LogP contribution is 2.67. The van der Waals surface area contributed by atoms with Gasteiger partial charge in [-0.05, 0) is 90.1 Å². The van der Waals surface area contributed by atoms with Crippen molar-refractivity contribution in [1.82, 2.24) is 4.90 Å². The molecule has 37 heavy (non-hydrogen) atoms. The molecule has 2 aromatic rings. The first-order chi connectivity index (χ1) is 17.8. The molecule has 0 spiro atoms. The van der Waals surface area contributed by atoms with Crippen LogP contribution in [0.5, 0.6) is 0 Å². The Kier molecular flexibility index (Phi) is 6.50. The molecule has 0 bridgehead atoms. The Bertz CT molecular complexity index is 1060. The summed E-state index contributed by atoms with van der Waals surface area (Å²) in [5.41, 5.74) is 3.12. The summed E-state index contributed by atoms with van der Waals surface area (Å²) in [6, 6.07) is 21.9. The molecule has 1 saturated heterocycles. The summed E-state index contributed by atoms with van der Waals surface area (Å²) in [6.07, 6.45) is 8.24. The Hall–Kier alpha value is -2.13. The van der Waals surface area contributed by atoms with Gasteiger partial charge in [-0.1, -0.05) is 81.4 Å². The third-order valence-corrected chi connectivity index (χ3v) is 11.8. The van der Waals surface area contributed by atoms with Crippen molar-refractivity contribution in [2.24, 2.45) is 40.4 Å². The van der Waals surface area contributed by atoms with E-state index in [2.05, 4.69) is 93.4 Å². The van der Waals surface area contributed by atoms with Gasteiger partial charge in [-0.15, -0.1) is 0 Å². The largest absolute Gasteiger partial charge is 0.368 e. The number of rotatable bonds is 5. The van der Waals surface area contributed by atoms with E-state index >= 15 is 0 Å². The Morgan fingerprint density at radius 3 is 2.19 bits per heavy atom. The lowest BCUT2D eigenvalue weighted by Gasteiger charge is -2.61. The summed E-state index contributed by atoms with van der Waals surface area (Å²) in [7, 11) is 2.07. The van der Waals surface area contributed by atoms with Crippen molar-refractivity contribution in [3.8, 4) is 0 Å². The van der Waals surface area contributed by atoms with Crippen molar-refractivity contribution in [2.45, 2.75) is 77.9 Å². The average Bonchev–Trinajstić information content (AvgIpc) is 3.17. The first kappa shape index (κ1) is 25.2. The number of benzene rings is 2. The molecule has 1 heterocycles. The molecule has 198 valence electrons. The maximum absolute atomic E-state index is 12.5. The molecule has 0 radical (unpaired) electrons. The van der Waals surface area contributed by atoms with Gasteiger partial charge in [0.15, 0.2) is 0 Å². The number of carbonyl (C=O) groups excluding carboxylic acids is 1. The van der Waals surface area contributed by atoms with Gasteiger partial charge in [0.1, 0.15) is 6.10 Å². The monoisotopic (exact) mass is 499 g/mol. The Labute approximate surface area is 224 Å². The lowest BCUT2D eigenvalue weighted by molar-refractivity contribution is -0.159. The number of nitrogens with zero attached hydrogens (tertiary/aromatic N) is 1. The van der Waals surface area contributed by atoms with Gasteiger partial charge >= 0.3 is 0 Å². The highest BCUT2D eigenvalue weighted by Gasteiger charge is 2.62. The maximum Gasteiger partial charge on any atom is 0.222 e. The first-order valence-corrected chi connectivity index (χ1v) is 14.8. The second kappa shape index (κ2) is 9.56. The second-order valence-electron chi connectivity index (χ2n) is 13.4. The molecule has 3 heteroatoms. The molecule has 3 aliphatic carbocycles. The third-order valence-electron chi connectivity index (χ3n) is 11.8. The van der Waals surface area contributed by atoms with Crippen molar-refractivity contribution in [2.75, 3.05) is 13.7 Å². The summed E-state index contributed by atoms with van der Waals surface area (Å²) in [5.74, 6) is 3.97. The SMILES string of the molecule is CC1C[C@H]2[C@@H]3CCC4N(C)C(=O)CC[C@]4(C)[C@@H]3CC[C@]2(C)C1COC(c1ccccc1)c1ccccc1. The normalized spacial score (nSPS) is 39.3. The van der Waals surface area contributed by atoms with Crippen LogP contribution in [-0.2, 0) is 9.53 Å². The van der Waals surface area contributed by atoms with Gasteiger partial charge in [0, 0.05) is 19.5 Å². The molecule has 0 N–H and O–H groups in total. The molecule has 1 aliphatic heterocycles. The fourth-order valence-corrected chi connectivity index (χ4v) is 9.81. The molecule has 3 nitrogen and oxygen atoms in total. The van der Waals surface area contributed by atoms with Crippen molar-refractivity contribution in [3.63, 3.8) is 0 Å². The number of fused-ring (bicyclic) bond motifs is 5. The zero-order valence-electron chi connectivity index (χ0n) is 23.2. The molecule has 1 amide bonds. The van der Waals surface area contributed by atoms with E-state index in [1.54, 1.807) is 0 Å². The second-order valence-corrected chi connectivity index (χ2v) is 13.4. The quantitative estimate of drug-likeness (QED) is 0.426. The average molecular weight is 500 g/mol. The Balaban J connectivity index is 1.23. The highest BCUT2D eigenvalue weighted by molar-refractivity contribution is 5.77. The molecule has 4 aliphatic rings. The molecular formula is C34H45NO2. The van der Waals surface area contributed by atoms with Crippen LogP contribution in [0.2, 0.25) is 0 Å². The van der Waals surface area contributed by atoms with Crippen LogP contribution < -0.4 is 0 Å². The topological polar surface area (TPSA) is 29.5 Å². The fraction of sp³-hybridized carbons (Fsp3) is 0.618. The van der Waals surface area contributed by atoms with Gasteiger partial charge in [-0.2, -0.15) is 0 Å². The summed E-state index contributed by atoms with van der Waals surface area (Å²) in [6.45, 7) is 8.46. The van der Waals surface area contributed by atoms with Crippen LogP contribution in [-0.4, -0.2) is 30.5 Å². The van der Waals surface area contributed by atoms with Gasteiger partial charge in [-0.25, -0.2) is 0 Å². The van der Waals surface area contributed by atoms with Crippen LogP contribution in [0.25, 0.3) is 0 Å². The summed E-state index contributed by atoms with van der Waals surface area (Å²) < 4.78 is 6.91. The minimum atomic E-state index is -0.0155. The van der Waals surface area contributed by atoms with E-state index in [-0.39, 0.29) is 11.5 Å². The number of hydrogen-bond acceptors (Lipinski definition) is 2. The highest BCUT2D eigenvalue weighted by atomic mass is 16.5. The van der Waals surface area contributed by atoms with E-state index in [0.29, 0.717) is 29.2 Å². The zero-order chi connectivity index (χ0) is 25.8. The van der Waals surface area contributed by atoms with Crippen molar-refractivity contribution in [3.05, 3.63) is 71.8 Å². The molecular weight excluding hydrogens is 454 g/mol. The summed E-state index contributed by atoms with van der Waals surface area (Å²) in [5, 5.41) is 0. The van der Waals surface area contributed by atoms with E-state index in [9.17, 15) is 4.79 Å². The number of hydrogen-bond donors (Lipinski definition) is 0. The molecule has 6 rings (SSSR count). The zero-order valence-corrected chi connectivity index (χ0v) is 23.2. The number of ether oxygens (including phenoxy) is 1. The number of likely N-dealkylation sites (tertiary alicyclic amines) is 1. The smallest absolute Gasteiger partial charge is 0.222 e. The van der Waals surface area contributed by atoms with E-state index in [0.717, 1.165) is 37.2 Å². The predicted octanol–water partition coefficient (Wildman–Crippen LogP) is 7.52. The van der Waals surface area contributed by atoms with Crippen LogP contribution in [0.4, 0.5) is 0 Å². The van der Waals surface area contributed by atoms with E-state index in [1.807, 2.05) is 0 Å². The van der Waals surface area contributed by atoms with Crippen LogP contribution in [0.15, 0.2) is 60.7 Å². The fourth-order valence-electron chi connectivity index (χ4n) is 9.81. The van der Waals surface area contributed by atoms with Crippen LogP contribution in [0.3, 0.4) is 0 Å². The van der Waals surface area contributed by atoms with Crippen molar-refractivity contribution in [1.29, 1.82) is 0 Å². The van der Waals surface area contributed by atoms with Crippen molar-refractivity contribution < 1.29 is 9.53 Å². The van der Waals surface area contributed by atoms with Gasteiger partial charge in [0.25, 0.3) is 0 Å². The van der Waals surface area contributed by atoms with E-state index in [4.69, 9.17) is 4.74 Å². The van der Waals surface area contributed by atoms with Crippen LogP contribution >= 0.6 is 0 Å². The van der Waals surface area contributed by atoms with Crippen LogP contribution in [0, 0.1) is 40.4 Å². The molecule has 8 atom stereocenters. The molecule has 3 unspecified atom stereocenters. The molecule has 3 saturated carbocycles. The van der Waals surface area contributed by atoms with E-state index < -0.39 is 0 Å². The summed E-state index contributed by atoms with van der Waals surface area (Å²) >= 11 is 0. The lowest BCUT2D eigenvalue weighted by Crippen LogP contribution is -2.61. The minimum absolute atomic E-state index is 0.0155. The summed E-state index contributed by atoms with van der Waals surface area (Å²) in [4.78, 5) is 14.6. The van der Waals surface area contributed by atoms with Crippen LogP contribution in [0.1, 0.15) is 82.9 Å². The van der Waals surface area contributed by atoms with Gasteiger partial charge in [0.05, 0.1) is 6.61 Å². The van der Waals surface area contributed by atoms with Gasteiger partial charge in [0.2, 0.25) is 5.91 Å². The number of piperidine rings is 1. The van der Waals surface area contributed by atoms with Gasteiger partial charge in [-0.3, -0.25) is 4.79 Å². The van der Waals surface area contributed by atoms with Crippen molar-refractivity contribution >= 4 is 5.91 Å². The molecule has 2 aromatic carbocycles. The van der Waals surface area contributed by atoms with E-state index in [1.165, 1.54) is 43.2 Å². The Morgan fingerprint density at radius 1 is 0.892 bits per heavy atom. The Morgan fingerprint density at radius 2 is 1.54 bits per heavy atom. The molecule has 4 fully saturated rings. The lowest BCUT2D eigenvalue weighted by atomic mass is 9.47. The maximum atomic E-state index is 12.5. The predicted molar refractivity (Wildman–Crippen MR) is 149 cm³/mol. The number of amides is 1.